The number of aliphatic hydroxyl groups excluding tert-OH is 1. The average Bonchev–Trinajstić information content (AvgIpc) is 3.47. The molecule has 0 aromatic carbocycles. The van der Waals surface area contributed by atoms with E-state index >= 15 is 0 Å². The minimum atomic E-state index is -0.712. The number of carbonyl (C=O) groups is 2. The van der Waals surface area contributed by atoms with Crippen molar-refractivity contribution in [2.75, 3.05) is 0 Å². The second-order valence-corrected chi connectivity index (χ2v) is 18.1. The number of aliphatic hydroxyl groups is 1. The van der Waals surface area contributed by atoms with E-state index in [1.807, 2.05) is 0 Å². The Balaban J connectivity index is 1.06. The van der Waals surface area contributed by atoms with Crippen LogP contribution in [0.25, 0.3) is 0 Å². The minimum absolute atomic E-state index is 0.00667. The molecule has 4 saturated carbocycles. The third-order valence-electron chi connectivity index (χ3n) is 14.9. The second kappa shape index (κ2) is 21.3. The van der Waals surface area contributed by atoms with E-state index in [0.29, 0.717) is 48.3 Å². The lowest BCUT2D eigenvalue weighted by Gasteiger charge is -2.62. The molecule has 5 nitrogen and oxygen atoms in total. The molecule has 0 radical (unpaired) electrons. The molecule has 0 spiro atoms. The van der Waals surface area contributed by atoms with Crippen LogP contribution in [0, 0.1) is 46.3 Å². The molecule has 2 N–H and O–H groups in total. The summed E-state index contributed by atoms with van der Waals surface area (Å²) in [6, 6.07) is 0. The Morgan fingerprint density at radius 3 is 2.08 bits per heavy atom. The van der Waals surface area contributed by atoms with Crippen LogP contribution in [-0.4, -0.2) is 34.4 Å². The lowest BCUT2D eigenvalue weighted by atomic mass is 9.43. The zero-order valence-corrected chi connectivity index (χ0v) is 33.4. The van der Waals surface area contributed by atoms with Crippen LogP contribution in [0.1, 0.15) is 195 Å². The highest BCUT2D eigenvalue weighted by atomic mass is 16.5. The van der Waals surface area contributed by atoms with Crippen LogP contribution in [0.3, 0.4) is 0 Å². The van der Waals surface area contributed by atoms with Crippen molar-refractivity contribution < 1.29 is 24.5 Å². The number of carboxylic acid groups (broad SMARTS) is 1. The first-order valence-electron chi connectivity index (χ1n) is 22.0. The Morgan fingerprint density at radius 2 is 1.41 bits per heavy atom. The summed E-state index contributed by atoms with van der Waals surface area (Å²) in [6.07, 6.45) is 37.9. The maximum Gasteiger partial charge on any atom is 0.306 e. The Labute approximate surface area is 313 Å². The second-order valence-electron chi connectivity index (χ2n) is 18.1. The van der Waals surface area contributed by atoms with Gasteiger partial charge in [-0.2, -0.15) is 0 Å². The van der Waals surface area contributed by atoms with Crippen LogP contribution in [0.4, 0.5) is 0 Å². The lowest BCUT2D eigenvalue weighted by molar-refractivity contribution is -0.181. The number of rotatable bonds is 23. The molecule has 0 aliphatic heterocycles. The zero-order chi connectivity index (χ0) is 36.7. The first-order valence-corrected chi connectivity index (χ1v) is 22.0. The molecular formula is C46H78O5. The van der Waals surface area contributed by atoms with E-state index in [4.69, 9.17) is 4.74 Å². The standard InChI is InChI=1S/C46H78O5/c1-5-6-7-8-9-10-11-12-13-14-15-16-17-18-19-20-21-22-23-24-44(50)51-37-31-32-45(3)36(33-37)26-27-38-40-29-28-39(35(2)25-30-43(48)49)46(40,4)42(47)34-41(38)45/h9-10,12-13,35-42,47H,5-8,11,14-34H2,1-4H3,(H,48,49)/b10-9-,13-12-. The maximum atomic E-state index is 12.8. The summed E-state index contributed by atoms with van der Waals surface area (Å²) in [7, 11) is 0. The highest BCUT2D eigenvalue weighted by Gasteiger charge is 2.63. The van der Waals surface area contributed by atoms with Gasteiger partial charge >= 0.3 is 11.9 Å². The van der Waals surface area contributed by atoms with Crippen molar-refractivity contribution in [2.24, 2.45) is 46.3 Å². The molecule has 292 valence electrons. The number of fused-ring (bicyclic) bond motifs is 5. The summed E-state index contributed by atoms with van der Waals surface area (Å²) >= 11 is 0. The molecule has 4 aliphatic carbocycles. The van der Waals surface area contributed by atoms with Gasteiger partial charge in [0.2, 0.25) is 0 Å². The summed E-state index contributed by atoms with van der Waals surface area (Å²) < 4.78 is 6.11. The highest BCUT2D eigenvalue weighted by Crippen LogP contribution is 2.68. The Kier molecular flexibility index (Phi) is 17.6. The van der Waals surface area contributed by atoms with Gasteiger partial charge in [0.15, 0.2) is 0 Å². The number of ether oxygens (including phenoxy) is 1. The smallest absolute Gasteiger partial charge is 0.306 e. The van der Waals surface area contributed by atoms with Crippen LogP contribution >= 0.6 is 0 Å². The average molecular weight is 711 g/mol. The number of hydrogen-bond donors (Lipinski definition) is 2. The summed E-state index contributed by atoms with van der Waals surface area (Å²) in [6.45, 7) is 9.32. The van der Waals surface area contributed by atoms with Crippen LogP contribution in [0.15, 0.2) is 24.3 Å². The number of esters is 1. The van der Waals surface area contributed by atoms with Gasteiger partial charge in [-0.15, -0.1) is 0 Å². The van der Waals surface area contributed by atoms with E-state index in [1.54, 1.807) is 0 Å². The predicted molar refractivity (Wildman–Crippen MR) is 210 cm³/mol. The highest BCUT2D eigenvalue weighted by molar-refractivity contribution is 5.69. The van der Waals surface area contributed by atoms with E-state index in [2.05, 4.69) is 52.0 Å². The van der Waals surface area contributed by atoms with Gasteiger partial charge in [0, 0.05) is 12.8 Å². The molecule has 51 heavy (non-hydrogen) atoms. The van der Waals surface area contributed by atoms with Crippen molar-refractivity contribution in [1.29, 1.82) is 0 Å². The molecular weight excluding hydrogens is 633 g/mol. The number of unbranched alkanes of at least 4 members (excludes halogenated alkanes) is 12. The number of allylic oxidation sites excluding steroid dienone is 4. The van der Waals surface area contributed by atoms with Crippen LogP contribution in [0.5, 0.6) is 0 Å². The molecule has 0 aromatic heterocycles. The fourth-order valence-electron chi connectivity index (χ4n) is 11.8. The third-order valence-corrected chi connectivity index (χ3v) is 14.9. The topological polar surface area (TPSA) is 83.8 Å². The van der Waals surface area contributed by atoms with Crippen molar-refractivity contribution in [3.8, 4) is 0 Å². The summed E-state index contributed by atoms with van der Waals surface area (Å²) in [5.74, 6) is 2.32. The summed E-state index contributed by atoms with van der Waals surface area (Å²) in [5, 5.41) is 21.1. The Hall–Kier alpha value is -1.62. The van der Waals surface area contributed by atoms with Gasteiger partial charge in [-0.3, -0.25) is 9.59 Å². The minimum Gasteiger partial charge on any atom is -0.481 e. The normalized spacial score (nSPS) is 33.9. The third kappa shape index (κ3) is 11.7. The largest absolute Gasteiger partial charge is 0.481 e. The van der Waals surface area contributed by atoms with Crippen molar-refractivity contribution >= 4 is 11.9 Å². The van der Waals surface area contributed by atoms with Gasteiger partial charge in [-0.1, -0.05) is 110 Å². The van der Waals surface area contributed by atoms with Gasteiger partial charge in [0.25, 0.3) is 0 Å². The fourth-order valence-corrected chi connectivity index (χ4v) is 11.8. The first-order chi connectivity index (χ1) is 24.6. The SMILES string of the molecule is CCCCC/C=C\C/C=C\CCCCCCCCCCCC(=O)OC1CCC2(C)C(CCC3C2CC(O)C2(C)C(C(C)CCC(=O)O)CCC32)C1. The predicted octanol–water partition coefficient (Wildman–Crippen LogP) is 12.4. The molecule has 0 saturated heterocycles. The van der Waals surface area contributed by atoms with E-state index in [9.17, 15) is 19.8 Å². The Morgan fingerprint density at radius 1 is 0.765 bits per heavy atom. The monoisotopic (exact) mass is 711 g/mol. The van der Waals surface area contributed by atoms with E-state index in [-0.39, 0.29) is 35.4 Å². The summed E-state index contributed by atoms with van der Waals surface area (Å²) in [4.78, 5) is 24.1. The van der Waals surface area contributed by atoms with Gasteiger partial charge in [0.1, 0.15) is 6.10 Å². The maximum absolute atomic E-state index is 12.8. The van der Waals surface area contributed by atoms with Crippen LogP contribution in [-0.2, 0) is 14.3 Å². The molecule has 0 amide bonds. The van der Waals surface area contributed by atoms with Crippen molar-refractivity contribution in [3.63, 3.8) is 0 Å². The quantitative estimate of drug-likeness (QED) is 0.0626. The first kappa shape index (κ1) is 42.1. The fraction of sp³-hybridized carbons (Fsp3) is 0.870. The van der Waals surface area contributed by atoms with Crippen molar-refractivity contribution in [1.82, 2.24) is 0 Å². The number of carboxylic acids is 1. The van der Waals surface area contributed by atoms with E-state index < -0.39 is 5.97 Å². The molecule has 0 heterocycles. The van der Waals surface area contributed by atoms with Crippen molar-refractivity contribution in [2.45, 2.75) is 207 Å². The van der Waals surface area contributed by atoms with E-state index in [0.717, 1.165) is 51.4 Å². The number of aliphatic carboxylic acids is 1. The molecule has 4 aliphatic rings. The molecule has 10 atom stereocenters. The molecule has 0 bridgehead atoms. The molecule has 0 aromatic rings. The summed E-state index contributed by atoms with van der Waals surface area (Å²) in [5.41, 5.74) is 0.111. The zero-order valence-electron chi connectivity index (χ0n) is 33.4. The molecule has 4 fully saturated rings. The molecule has 4 rings (SSSR count). The number of carbonyl (C=O) groups excluding carboxylic acids is 1. The Bertz CT molecular complexity index is 1100. The molecule has 10 unspecified atom stereocenters. The molecule has 5 heteroatoms. The van der Waals surface area contributed by atoms with Crippen molar-refractivity contribution in [3.05, 3.63) is 24.3 Å². The van der Waals surface area contributed by atoms with Gasteiger partial charge in [-0.25, -0.2) is 0 Å². The van der Waals surface area contributed by atoms with E-state index in [1.165, 1.54) is 96.3 Å². The van der Waals surface area contributed by atoms with Gasteiger partial charge in [-0.05, 0) is 143 Å². The lowest BCUT2D eigenvalue weighted by Crippen LogP contribution is -2.59. The van der Waals surface area contributed by atoms with Crippen LogP contribution in [0.2, 0.25) is 0 Å². The van der Waals surface area contributed by atoms with Gasteiger partial charge < -0.3 is 14.9 Å². The van der Waals surface area contributed by atoms with Gasteiger partial charge in [0.05, 0.1) is 6.10 Å². The van der Waals surface area contributed by atoms with Crippen LogP contribution < -0.4 is 0 Å². The number of hydrogen-bond acceptors (Lipinski definition) is 4.